The van der Waals surface area contributed by atoms with Gasteiger partial charge in [0.15, 0.2) is 0 Å². The molecule has 20 heavy (non-hydrogen) atoms. The minimum Gasteiger partial charge on any atom is -0.394 e. The Morgan fingerprint density at radius 2 is 1.90 bits per heavy atom. The van der Waals surface area contributed by atoms with E-state index in [1.165, 1.54) is 10.9 Å². The fourth-order valence-electron chi connectivity index (χ4n) is 1.58. The molecule has 7 nitrogen and oxygen atoms in total. The number of aliphatic hydroxyl groups is 3. The number of anilines is 1. The molecule has 0 saturated heterocycles. The highest BCUT2D eigenvalue weighted by Crippen LogP contribution is 2.21. The lowest BCUT2D eigenvalue weighted by molar-refractivity contribution is 0.0833. The zero-order valence-corrected chi connectivity index (χ0v) is 13.1. The van der Waals surface area contributed by atoms with Gasteiger partial charge in [-0.25, -0.2) is 4.68 Å². The van der Waals surface area contributed by atoms with E-state index >= 15 is 0 Å². The van der Waals surface area contributed by atoms with E-state index in [0.29, 0.717) is 12.2 Å². The first-order valence-corrected chi connectivity index (χ1v) is 7.05. The number of aromatic nitrogens is 2. The number of halogens is 1. The van der Waals surface area contributed by atoms with Crippen LogP contribution in [-0.2, 0) is 6.54 Å². The van der Waals surface area contributed by atoms with Crippen molar-refractivity contribution >= 4 is 21.6 Å². The molecule has 1 aromatic rings. The lowest BCUT2D eigenvalue weighted by atomic mass is 10.0. The average molecular weight is 350 g/mol. The van der Waals surface area contributed by atoms with E-state index in [1.54, 1.807) is 0 Å². The number of nitrogens with zero attached hydrogens (tertiary/aromatic N) is 2. The summed E-state index contributed by atoms with van der Waals surface area (Å²) in [7, 11) is 0. The summed E-state index contributed by atoms with van der Waals surface area (Å²) in [6.45, 7) is 2.98. The molecule has 1 aromatic heterocycles. The van der Waals surface area contributed by atoms with Crippen LogP contribution in [0.3, 0.4) is 0 Å². The van der Waals surface area contributed by atoms with Gasteiger partial charge in [0.1, 0.15) is 10.0 Å². The molecule has 0 atom stereocenters. The predicted molar refractivity (Wildman–Crippen MR) is 78.6 cm³/mol. The summed E-state index contributed by atoms with van der Waals surface area (Å²) < 4.78 is 1.58. The maximum Gasteiger partial charge on any atom is 0.283 e. The van der Waals surface area contributed by atoms with Crippen LogP contribution in [0.15, 0.2) is 15.5 Å². The summed E-state index contributed by atoms with van der Waals surface area (Å²) in [5.41, 5.74) is -1.31. The third kappa shape index (κ3) is 3.78. The molecule has 0 aliphatic heterocycles. The zero-order chi connectivity index (χ0) is 15.3. The third-order valence-corrected chi connectivity index (χ3v) is 3.60. The second-order valence-corrected chi connectivity index (χ2v) is 5.93. The maximum atomic E-state index is 12.1. The van der Waals surface area contributed by atoms with Gasteiger partial charge < -0.3 is 20.6 Å². The maximum absolute atomic E-state index is 12.1. The lowest BCUT2D eigenvalue weighted by Gasteiger charge is -2.30. The molecular formula is C12H20BrN3O4. The minimum absolute atomic E-state index is 0.243. The molecule has 1 rings (SSSR count). The number of nitrogens with one attached hydrogen (secondary N) is 1. The molecule has 0 bridgehead atoms. The van der Waals surface area contributed by atoms with Gasteiger partial charge >= 0.3 is 0 Å². The first kappa shape index (κ1) is 17.1. The lowest BCUT2D eigenvalue weighted by Crippen LogP contribution is -2.49. The minimum atomic E-state index is -1.30. The summed E-state index contributed by atoms with van der Waals surface area (Å²) in [5.74, 6) is 0.275. The standard InChI is InChI=1S/C12H20BrN3O4/c1-8(2)4-16-11(20)10(13)9(3-14-16)15-12(5-17,6-18)7-19/h3,8,15,17-19H,4-7H2,1-2H3. The van der Waals surface area contributed by atoms with Gasteiger partial charge in [-0.05, 0) is 21.8 Å². The molecule has 0 aromatic carbocycles. The van der Waals surface area contributed by atoms with E-state index in [0.717, 1.165) is 0 Å². The van der Waals surface area contributed by atoms with Gasteiger partial charge in [0.05, 0.1) is 31.7 Å². The van der Waals surface area contributed by atoms with Crippen LogP contribution in [0.5, 0.6) is 0 Å². The quantitative estimate of drug-likeness (QED) is 0.542. The van der Waals surface area contributed by atoms with Crippen molar-refractivity contribution in [2.24, 2.45) is 5.92 Å². The smallest absolute Gasteiger partial charge is 0.283 e. The van der Waals surface area contributed by atoms with Crippen molar-refractivity contribution in [3.05, 3.63) is 21.0 Å². The van der Waals surface area contributed by atoms with Crippen LogP contribution in [0, 0.1) is 5.92 Å². The van der Waals surface area contributed by atoms with Crippen molar-refractivity contribution in [2.75, 3.05) is 25.1 Å². The Hall–Kier alpha value is -0.960. The summed E-state index contributed by atoms with van der Waals surface area (Å²) in [6, 6.07) is 0. The van der Waals surface area contributed by atoms with Crippen LogP contribution in [0.1, 0.15) is 13.8 Å². The Labute approximate surface area is 125 Å². The fourth-order valence-corrected chi connectivity index (χ4v) is 1.99. The fraction of sp³-hybridized carbons (Fsp3) is 0.667. The number of hydrogen-bond donors (Lipinski definition) is 4. The number of rotatable bonds is 7. The van der Waals surface area contributed by atoms with E-state index in [1.807, 2.05) is 13.8 Å². The van der Waals surface area contributed by atoms with Crippen LogP contribution >= 0.6 is 15.9 Å². The van der Waals surface area contributed by atoms with Gasteiger partial charge in [-0.1, -0.05) is 13.8 Å². The van der Waals surface area contributed by atoms with Crippen LogP contribution in [0.4, 0.5) is 5.69 Å². The third-order valence-electron chi connectivity index (χ3n) is 2.83. The van der Waals surface area contributed by atoms with Crippen LogP contribution in [0.2, 0.25) is 0 Å². The van der Waals surface area contributed by atoms with E-state index in [9.17, 15) is 20.1 Å². The molecule has 114 valence electrons. The monoisotopic (exact) mass is 349 g/mol. The van der Waals surface area contributed by atoms with Gasteiger partial charge in [0, 0.05) is 6.54 Å². The van der Waals surface area contributed by atoms with Gasteiger partial charge in [-0.15, -0.1) is 0 Å². The largest absolute Gasteiger partial charge is 0.394 e. The molecule has 1 heterocycles. The van der Waals surface area contributed by atoms with Crippen molar-refractivity contribution in [3.8, 4) is 0 Å². The van der Waals surface area contributed by atoms with Gasteiger partial charge in [0.25, 0.3) is 5.56 Å². The second kappa shape index (κ2) is 7.16. The molecule has 0 radical (unpaired) electrons. The molecular weight excluding hydrogens is 330 g/mol. The van der Waals surface area contributed by atoms with Crippen molar-refractivity contribution in [3.63, 3.8) is 0 Å². The van der Waals surface area contributed by atoms with Crippen LogP contribution in [0.25, 0.3) is 0 Å². The topological polar surface area (TPSA) is 108 Å². The Morgan fingerprint density at radius 3 is 2.35 bits per heavy atom. The van der Waals surface area contributed by atoms with Gasteiger partial charge in [0.2, 0.25) is 0 Å². The zero-order valence-electron chi connectivity index (χ0n) is 11.5. The van der Waals surface area contributed by atoms with Crippen LogP contribution in [-0.4, -0.2) is 50.5 Å². The Balaban J connectivity index is 3.10. The van der Waals surface area contributed by atoms with E-state index in [-0.39, 0.29) is 15.9 Å². The molecule has 0 aliphatic carbocycles. The predicted octanol–water partition coefficient (Wildman–Crippen LogP) is -0.211. The molecule has 0 aliphatic rings. The number of aliphatic hydroxyl groups excluding tert-OH is 3. The first-order valence-electron chi connectivity index (χ1n) is 6.25. The highest BCUT2D eigenvalue weighted by molar-refractivity contribution is 9.10. The average Bonchev–Trinajstić information content (AvgIpc) is 2.43. The van der Waals surface area contributed by atoms with Crippen molar-refractivity contribution in [2.45, 2.75) is 25.9 Å². The molecule has 0 fully saturated rings. The summed E-state index contributed by atoms with van der Waals surface area (Å²) in [4.78, 5) is 12.1. The Kier molecular flexibility index (Phi) is 6.12. The normalized spacial score (nSPS) is 11.9. The Morgan fingerprint density at radius 1 is 1.35 bits per heavy atom. The molecule has 0 amide bonds. The summed E-state index contributed by atoms with van der Waals surface area (Å²) in [6.07, 6.45) is 1.42. The Bertz CT molecular complexity index is 492. The SMILES string of the molecule is CC(C)Cn1ncc(NC(CO)(CO)CO)c(Br)c1=O. The van der Waals surface area contributed by atoms with Gasteiger partial charge in [-0.2, -0.15) is 5.10 Å². The summed E-state index contributed by atoms with van der Waals surface area (Å²) >= 11 is 3.18. The van der Waals surface area contributed by atoms with E-state index < -0.39 is 25.4 Å². The van der Waals surface area contributed by atoms with Gasteiger partial charge in [-0.3, -0.25) is 4.79 Å². The van der Waals surface area contributed by atoms with E-state index in [4.69, 9.17) is 0 Å². The number of hydrogen-bond acceptors (Lipinski definition) is 6. The highest BCUT2D eigenvalue weighted by Gasteiger charge is 2.29. The molecule has 4 N–H and O–H groups in total. The molecule has 0 unspecified atom stereocenters. The first-order chi connectivity index (χ1) is 9.39. The van der Waals surface area contributed by atoms with Crippen LogP contribution < -0.4 is 10.9 Å². The van der Waals surface area contributed by atoms with E-state index in [2.05, 4.69) is 26.3 Å². The molecule has 0 saturated carbocycles. The van der Waals surface area contributed by atoms with Crippen molar-refractivity contribution < 1.29 is 15.3 Å². The second-order valence-electron chi connectivity index (χ2n) is 5.13. The summed E-state index contributed by atoms with van der Waals surface area (Å²) in [5, 5.41) is 34.6. The molecule has 0 spiro atoms. The van der Waals surface area contributed by atoms with Crippen molar-refractivity contribution in [1.29, 1.82) is 0 Å². The van der Waals surface area contributed by atoms with Crippen molar-refractivity contribution in [1.82, 2.24) is 9.78 Å². The molecule has 8 heteroatoms. The highest BCUT2D eigenvalue weighted by atomic mass is 79.9.